The summed E-state index contributed by atoms with van der Waals surface area (Å²) in [7, 11) is 1.57. The zero-order valence-corrected chi connectivity index (χ0v) is 17.5. The van der Waals surface area contributed by atoms with Gasteiger partial charge in [-0.15, -0.1) is 0 Å². The van der Waals surface area contributed by atoms with Gasteiger partial charge in [-0.3, -0.25) is 14.5 Å². The lowest BCUT2D eigenvalue weighted by Gasteiger charge is -2.24. The highest BCUT2D eigenvalue weighted by Crippen LogP contribution is 2.41. The van der Waals surface area contributed by atoms with Crippen molar-refractivity contribution < 1.29 is 13.9 Å². The fourth-order valence-electron chi connectivity index (χ4n) is 3.95. The number of anilines is 1. The van der Waals surface area contributed by atoms with Gasteiger partial charge in [0, 0.05) is 11.2 Å². The molecular formula is C24H17ClN2O4. The van der Waals surface area contributed by atoms with Crippen LogP contribution in [0.3, 0.4) is 0 Å². The summed E-state index contributed by atoms with van der Waals surface area (Å²) in [5, 5.41) is 0.793. The number of pyridine rings is 1. The molecule has 0 N–H and O–H groups in total. The van der Waals surface area contributed by atoms with Crippen molar-refractivity contribution in [3.05, 3.63) is 98.5 Å². The maximum absolute atomic E-state index is 13.6. The molecule has 0 radical (unpaired) electrons. The quantitative estimate of drug-likeness (QED) is 0.460. The molecule has 1 amide bonds. The molecule has 0 saturated carbocycles. The number of halogens is 1. The number of aromatic nitrogens is 1. The number of rotatable bonds is 3. The van der Waals surface area contributed by atoms with Crippen LogP contribution in [0.25, 0.3) is 11.0 Å². The van der Waals surface area contributed by atoms with E-state index < -0.39 is 11.9 Å². The van der Waals surface area contributed by atoms with E-state index in [1.54, 1.807) is 55.8 Å². The Morgan fingerprint density at radius 1 is 1.10 bits per heavy atom. The van der Waals surface area contributed by atoms with E-state index in [1.807, 2.05) is 19.1 Å². The van der Waals surface area contributed by atoms with Crippen LogP contribution in [0.4, 0.5) is 5.82 Å². The highest BCUT2D eigenvalue weighted by Gasteiger charge is 2.44. The van der Waals surface area contributed by atoms with E-state index in [1.165, 1.54) is 4.90 Å². The first kappa shape index (κ1) is 19.3. The number of carbonyl (C=O) groups is 1. The Morgan fingerprint density at radius 3 is 2.68 bits per heavy atom. The van der Waals surface area contributed by atoms with Gasteiger partial charge < -0.3 is 9.15 Å². The van der Waals surface area contributed by atoms with E-state index in [4.69, 9.17) is 20.8 Å². The maximum Gasteiger partial charge on any atom is 0.296 e. The van der Waals surface area contributed by atoms with Crippen LogP contribution < -0.4 is 15.1 Å². The van der Waals surface area contributed by atoms with Crippen molar-refractivity contribution in [2.24, 2.45) is 0 Å². The van der Waals surface area contributed by atoms with Gasteiger partial charge in [0.1, 0.15) is 17.2 Å². The number of hydrogen-bond donors (Lipinski definition) is 0. The van der Waals surface area contributed by atoms with Crippen molar-refractivity contribution in [2.45, 2.75) is 13.0 Å². The molecular weight excluding hydrogens is 416 g/mol. The summed E-state index contributed by atoms with van der Waals surface area (Å²) in [5.74, 6) is 0.624. The smallest absolute Gasteiger partial charge is 0.296 e. The average molecular weight is 433 g/mol. The highest BCUT2D eigenvalue weighted by atomic mass is 35.5. The number of fused-ring (bicyclic) bond motifs is 2. The van der Waals surface area contributed by atoms with E-state index in [9.17, 15) is 9.59 Å². The fourth-order valence-corrected chi connectivity index (χ4v) is 4.12. The lowest BCUT2D eigenvalue weighted by molar-refractivity contribution is 0.0970. The second-order valence-corrected chi connectivity index (χ2v) is 7.72. The standard InChI is InChI=1S/C24H17ClN2O4/c1-13-10-18-16(12-17(13)25)22(28)20-21(14-6-5-7-15(11-14)30-2)27(24(29)23(20)31-18)19-8-3-4-9-26-19/h3-12,21H,1-2H3/t21-/m1/s1. The fraction of sp³-hybridized carbons (Fsp3) is 0.125. The van der Waals surface area contributed by atoms with E-state index >= 15 is 0 Å². The van der Waals surface area contributed by atoms with Gasteiger partial charge in [0.15, 0.2) is 5.43 Å². The van der Waals surface area contributed by atoms with Gasteiger partial charge in [-0.25, -0.2) is 4.98 Å². The van der Waals surface area contributed by atoms with Crippen molar-refractivity contribution in [3.63, 3.8) is 0 Å². The highest BCUT2D eigenvalue weighted by molar-refractivity contribution is 6.32. The van der Waals surface area contributed by atoms with Crippen LogP contribution in [0.15, 0.2) is 70.0 Å². The number of benzene rings is 2. The predicted octanol–water partition coefficient (Wildman–Crippen LogP) is 4.91. The first-order valence-electron chi connectivity index (χ1n) is 9.65. The minimum Gasteiger partial charge on any atom is -0.497 e. The molecule has 2 aromatic carbocycles. The minimum atomic E-state index is -0.715. The molecule has 0 saturated heterocycles. The van der Waals surface area contributed by atoms with Crippen molar-refractivity contribution in [1.29, 1.82) is 0 Å². The Hall–Kier alpha value is -3.64. The molecule has 7 heteroatoms. The van der Waals surface area contributed by atoms with Gasteiger partial charge in [-0.1, -0.05) is 29.8 Å². The molecule has 5 rings (SSSR count). The van der Waals surface area contributed by atoms with Crippen LogP contribution in [0, 0.1) is 6.92 Å². The van der Waals surface area contributed by atoms with Crippen LogP contribution in [0.5, 0.6) is 5.75 Å². The lowest BCUT2D eigenvalue weighted by Crippen LogP contribution is -2.30. The molecule has 2 aromatic heterocycles. The van der Waals surface area contributed by atoms with E-state index in [0.717, 1.165) is 5.56 Å². The zero-order valence-electron chi connectivity index (χ0n) is 16.8. The van der Waals surface area contributed by atoms with Crippen molar-refractivity contribution >= 4 is 34.3 Å². The van der Waals surface area contributed by atoms with Crippen LogP contribution in [0.1, 0.15) is 33.3 Å². The number of methoxy groups -OCH3 is 1. The molecule has 6 nitrogen and oxygen atoms in total. The molecule has 0 unspecified atom stereocenters. The summed E-state index contributed by atoms with van der Waals surface area (Å²) < 4.78 is 11.3. The molecule has 3 heterocycles. The summed E-state index contributed by atoms with van der Waals surface area (Å²) in [6.45, 7) is 1.82. The van der Waals surface area contributed by atoms with Gasteiger partial charge in [0.05, 0.1) is 24.1 Å². The van der Waals surface area contributed by atoms with Gasteiger partial charge in [-0.2, -0.15) is 0 Å². The number of ether oxygens (including phenoxy) is 1. The topological polar surface area (TPSA) is 72.6 Å². The summed E-state index contributed by atoms with van der Waals surface area (Å²) >= 11 is 6.27. The van der Waals surface area contributed by atoms with Crippen molar-refractivity contribution in [1.82, 2.24) is 4.98 Å². The van der Waals surface area contributed by atoms with Crippen molar-refractivity contribution in [2.75, 3.05) is 12.0 Å². The van der Waals surface area contributed by atoms with Gasteiger partial charge in [-0.05, 0) is 54.4 Å². The molecule has 0 bridgehead atoms. The third-order valence-electron chi connectivity index (χ3n) is 5.46. The van der Waals surface area contributed by atoms with Crippen LogP contribution in [-0.2, 0) is 0 Å². The van der Waals surface area contributed by atoms with E-state index in [-0.39, 0.29) is 16.8 Å². The van der Waals surface area contributed by atoms with E-state index in [2.05, 4.69) is 4.98 Å². The number of amides is 1. The maximum atomic E-state index is 13.6. The number of carbonyl (C=O) groups excluding carboxylic acids is 1. The summed E-state index contributed by atoms with van der Waals surface area (Å²) in [5.41, 5.74) is 1.76. The largest absolute Gasteiger partial charge is 0.497 e. The Morgan fingerprint density at radius 2 is 1.94 bits per heavy atom. The number of nitrogens with zero attached hydrogens (tertiary/aromatic N) is 2. The Kier molecular flexibility index (Phi) is 4.52. The molecule has 1 aliphatic rings. The summed E-state index contributed by atoms with van der Waals surface area (Å²) in [6.07, 6.45) is 1.60. The first-order chi connectivity index (χ1) is 15.0. The minimum absolute atomic E-state index is 0.0118. The Balaban J connectivity index is 1.83. The van der Waals surface area contributed by atoms with Gasteiger partial charge >= 0.3 is 0 Å². The van der Waals surface area contributed by atoms with E-state index in [0.29, 0.717) is 33.1 Å². The molecule has 154 valence electrons. The van der Waals surface area contributed by atoms with Gasteiger partial charge in [0.2, 0.25) is 5.76 Å². The predicted molar refractivity (Wildman–Crippen MR) is 118 cm³/mol. The second-order valence-electron chi connectivity index (χ2n) is 7.31. The molecule has 0 spiro atoms. The van der Waals surface area contributed by atoms with Gasteiger partial charge in [0.25, 0.3) is 5.91 Å². The normalized spacial score (nSPS) is 15.4. The summed E-state index contributed by atoms with van der Waals surface area (Å²) in [4.78, 5) is 32.9. The Labute approximate surface area is 182 Å². The number of hydrogen-bond acceptors (Lipinski definition) is 5. The summed E-state index contributed by atoms with van der Waals surface area (Å²) in [6, 6.07) is 15.1. The molecule has 4 aromatic rings. The molecule has 1 atom stereocenters. The SMILES string of the molecule is COc1cccc([C@@H]2c3c(oc4cc(C)c(Cl)cc4c3=O)C(=O)N2c2ccccn2)c1. The number of aryl methyl sites for hydroxylation is 1. The first-order valence-corrected chi connectivity index (χ1v) is 10.0. The molecule has 1 aliphatic heterocycles. The second kappa shape index (κ2) is 7.25. The average Bonchev–Trinajstić information content (AvgIpc) is 3.08. The van der Waals surface area contributed by atoms with Crippen LogP contribution in [-0.4, -0.2) is 18.0 Å². The zero-order chi connectivity index (χ0) is 21.7. The molecule has 0 fully saturated rings. The molecule has 0 aliphatic carbocycles. The van der Waals surface area contributed by atoms with Crippen LogP contribution >= 0.6 is 11.6 Å². The Bertz CT molecular complexity index is 1400. The van der Waals surface area contributed by atoms with Crippen LogP contribution in [0.2, 0.25) is 5.02 Å². The lowest BCUT2D eigenvalue weighted by atomic mass is 9.98. The third kappa shape index (κ3) is 2.99. The van der Waals surface area contributed by atoms with Crippen molar-refractivity contribution in [3.8, 4) is 5.75 Å². The molecule has 31 heavy (non-hydrogen) atoms. The third-order valence-corrected chi connectivity index (χ3v) is 5.86. The monoisotopic (exact) mass is 432 g/mol.